The predicted molar refractivity (Wildman–Crippen MR) is 113 cm³/mol. The lowest BCUT2D eigenvalue weighted by atomic mass is 9.92. The fourth-order valence-electron chi connectivity index (χ4n) is 3.24. The number of nitrogens with zero attached hydrogens (tertiary/aromatic N) is 2. The van der Waals surface area contributed by atoms with Gasteiger partial charge in [0.25, 0.3) is 5.91 Å². The van der Waals surface area contributed by atoms with Gasteiger partial charge in [-0.05, 0) is 36.8 Å². The van der Waals surface area contributed by atoms with Crippen LogP contribution in [0.25, 0.3) is 0 Å². The van der Waals surface area contributed by atoms with Crippen LogP contribution in [0.3, 0.4) is 0 Å². The average molecular weight is 424 g/mol. The van der Waals surface area contributed by atoms with Gasteiger partial charge < -0.3 is 20.3 Å². The minimum Gasteiger partial charge on any atom is -0.497 e. The summed E-state index contributed by atoms with van der Waals surface area (Å²) < 4.78 is 5.12. The van der Waals surface area contributed by atoms with Crippen molar-refractivity contribution < 1.29 is 23.9 Å². The van der Waals surface area contributed by atoms with Gasteiger partial charge in [-0.25, -0.2) is 4.79 Å². The van der Waals surface area contributed by atoms with Gasteiger partial charge in [0.15, 0.2) is 0 Å². The third-order valence-corrected chi connectivity index (χ3v) is 5.10. The molecule has 0 bridgehead atoms. The highest BCUT2D eigenvalue weighted by Gasteiger charge is 2.49. The van der Waals surface area contributed by atoms with Crippen molar-refractivity contribution in [2.75, 3.05) is 32.6 Å². The normalized spacial score (nSPS) is 17.8. The van der Waals surface area contributed by atoms with Crippen LogP contribution >= 0.6 is 0 Å². The smallest absolute Gasteiger partial charge is 0.325 e. The Labute approximate surface area is 180 Å². The van der Waals surface area contributed by atoms with Crippen LogP contribution in [0.1, 0.15) is 12.5 Å². The molecule has 162 valence electrons. The van der Waals surface area contributed by atoms with Gasteiger partial charge in [0, 0.05) is 12.7 Å². The molecule has 1 aliphatic rings. The van der Waals surface area contributed by atoms with Gasteiger partial charge in [-0.15, -0.1) is 0 Å². The van der Waals surface area contributed by atoms with Crippen molar-refractivity contribution in [3.05, 3.63) is 60.2 Å². The van der Waals surface area contributed by atoms with Gasteiger partial charge in [-0.3, -0.25) is 19.3 Å². The number of methoxy groups -OCH3 is 1. The number of carbonyl (C=O) groups excluding carboxylic acids is 4. The summed E-state index contributed by atoms with van der Waals surface area (Å²) in [5.41, 5.74) is -0.123. The van der Waals surface area contributed by atoms with Crippen LogP contribution in [0.5, 0.6) is 5.75 Å². The number of ether oxygens (including phenoxy) is 1. The maximum atomic E-state index is 13.0. The fraction of sp³-hybridized carbons (Fsp3) is 0.273. The van der Waals surface area contributed by atoms with Gasteiger partial charge in [-0.2, -0.15) is 0 Å². The average Bonchev–Trinajstić information content (AvgIpc) is 2.98. The second kappa shape index (κ2) is 8.86. The molecule has 0 aliphatic carbocycles. The van der Waals surface area contributed by atoms with E-state index in [-0.39, 0.29) is 12.5 Å². The number of hydrogen-bond donors (Lipinski definition) is 2. The summed E-state index contributed by atoms with van der Waals surface area (Å²) in [6.45, 7) is 0.898. The maximum Gasteiger partial charge on any atom is 0.325 e. The molecule has 2 aromatic carbocycles. The molecule has 1 unspecified atom stereocenters. The molecule has 2 aromatic rings. The van der Waals surface area contributed by atoms with E-state index in [9.17, 15) is 19.2 Å². The van der Waals surface area contributed by atoms with Crippen LogP contribution in [0, 0.1) is 0 Å². The monoisotopic (exact) mass is 424 g/mol. The number of benzene rings is 2. The zero-order valence-electron chi connectivity index (χ0n) is 17.5. The van der Waals surface area contributed by atoms with Crippen LogP contribution in [0.15, 0.2) is 54.6 Å². The number of imide groups is 1. The number of carbonyl (C=O) groups is 4. The first-order valence-electron chi connectivity index (χ1n) is 9.62. The summed E-state index contributed by atoms with van der Waals surface area (Å²) in [6.07, 6.45) is 0. The number of nitrogens with one attached hydrogen (secondary N) is 2. The second-order valence-electron chi connectivity index (χ2n) is 7.34. The predicted octanol–water partition coefficient (Wildman–Crippen LogP) is 1.56. The Morgan fingerprint density at radius 1 is 1.10 bits per heavy atom. The number of para-hydroxylation sites is 1. The molecule has 0 aromatic heterocycles. The van der Waals surface area contributed by atoms with Crippen molar-refractivity contribution in [1.82, 2.24) is 15.1 Å². The summed E-state index contributed by atoms with van der Waals surface area (Å²) >= 11 is 0. The van der Waals surface area contributed by atoms with Gasteiger partial charge >= 0.3 is 6.03 Å². The molecule has 1 atom stereocenters. The quantitative estimate of drug-likeness (QED) is 0.656. The fourth-order valence-corrected chi connectivity index (χ4v) is 3.24. The van der Waals surface area contributed by atoms with Gasteiger partial charge in [0.05, 0.1) is 13.7 Å². The SMILES string of the molecule is COc1ccc(C2(C)NC(=O)N(CC(=O)N(C)CC(=O)Nc3ccccc3)C2=O)cc1. The van der Waals surface area contributed by atoms with E-state index >= 15 is 0 Å². The molecule has 3 rings (SSSR count). The third-order valence-electron chi connectivity index (χ3n) is 5.10. The van der Waals surface area contributed by atoms with E-state index in [2.05, 4.69) is 10.6 Å². The maximum absolute atomic E-state index is 13.0. The van der Waals surface area contributed by atoms with Crippen molar-refractivity contribution in [3.63, 3.8) is 0 Å². The Balaban J connectivity index is 1.63. The van der Waals surface area contributed by atoms with E-state index in [0.717, 1.165) is 4.90 Å². The lowest BCUT2D eigenvalue weighted by molar-refractivity contribution is -0.139. The summed E-state index contributed by atoms with van der Waals surface area (Å²) in [6, 6.07) is 14.9. The van der Waals surface area contributed by atoms with Crippen molar-refractivity contribution in [3.8, 4) is 5.75 Å². The minimum absolute atomic E-state index is 0.215. The number of anilines is 1. The number of likely N-dealkylation sites (N-methyl/N-ethyl adjacent to an activating group) is 1. The zero-order chi connectivity index (χ0) is 22.6. The Morgan fingerprint density at radius 3 is 2.35 bits per heavy atom. The lowest BCUT2D eigenvalue weighted by Crippen LogP contribution is -2.45. The van der Waals surface area contributed by atoms with E-state index in [4.69, 9.17) is 4.74 Å². The molecule has 1 heterocycles. The molecule has 9 nitrogen and oxygen atoms in total. The van der Waals surface area contributed by atoms with Crippen LogP contribution < -0.4 is 15.4 Å². The largest absolute Gasteiger partial charge is 0.497 e. The topological polar surface area (TPSA) is 108 Å². The highest BCUT2D eigenvalue weighted by atomic mass is 16.5. The minimum atomic E-state index is -1.30. The van der Waals surface area contributed by atoms with Crippen molar-refractivity contribution >= 4 is 29.4 Å². The molecular formula is C22H24N4O5. The number of urea groups is 1. The first-order chi connectivity index (χ1) is 14.7. The number of rotatable bonds is 7. The van der Waals surface area contributed by atoms with Crippen LogP contribution in [-0.4, -0.2) is 60.8 Å². The molecule has 1 saturated heterocycles. The van der Waals surface area contributed by atoms with E-state index in [1.165, 1.54) is 19.1 Å². The molecule has 1 aliphatic heterocycles. The van der Waals surface area contributed by atoms with Crippen LogP contribution in [0.4, 0.5) is 10.5 Å². The second-order valence-corrected chi connectivity index (χ2v) is 7.34. The molecule has 9 heteroatoms. The molecule has 0 radical (unpaired) electrons. The standard InChI is InChI=1S/C22H24N4O5/c1-22(15-9-11-17(31-3)12-10-15)20(29)26(21(30)24-22)14-19(28)25(2)13-18(27)23-16-7-5-4-6-8-16/h4-12H,13-14H2,1-3H3,(H,23,27)(H,24,30). The van der Waals surface area contributed by atoms with Gasteiger partial charge in [0.2, 0.25) is 11.8 Å². The first-order valence-corrected chi connectivity index (χ1v) is 9.62. The van der Waals surface area contributed by atoms with Crippen LogP contribution in [0.2, 0.25) is 0 Å². The summed E-state index contributed by atoms with van der Waals surface area (Å²) in [4.78, 5) is 52.2. The Hall–Kier alpha value is -3.88. The Kier molecular flexibility index (Phi) is 6.24. The number of hydrogen-bond acceptors (Lipinski definition) is 5. The van der Waals surface area contributed by atoms with Gasteiger partial charge in [0.1, 0.15) is 17.8 Å². The molecule has 2 N–H and O–H groups in total. The first kappa shape index (κ1) is 21.8. The molecule has 1 fully saturated rings. The van der Waals surface area contributed by atoms with Crippen molar-refractivity contribution in [2.45, 2.75) is 12.5 Å². The molecule has 31 heavy (non-hydrogen) atoms. The molecule has 0 spiro atoms. The van der Waals surface area contributed by atoms with E-state index in [0.29, 0.717) is 17.0 Å². The number of amides is 5. The van der Waals surface area contributed by atoms with E-state index < -0.39 is 29.9 Å². The summed E-state index contributed by atoms with van der Waals surface area (Å²) in [5, 5.41) is 5.33. The molecule has 5 amide bonds. The highest BCUT2D eigenvalue weighted by Crippen LogP contribution is 2.30. The van der Waals surface area contributed by atoms with Crippen molar-refractivity contribution in [1.29, 1.82) is 0 Å². The van der Waals surface area contributed by atoms with Crippen LogP contribution in [-0.2, 0) is 19.9 Å². The van der Waals surface area contributed by atoms with Crippen molar-refractivity contribution in [2.24, 2.45) is 0 Å². The third kappa shape index (κ3) is 4.66. The Bertz CT molecular complexity index is 993. The summed E-state index contributed by atoms with van der Waals surface area (Å²) in [5.74, 6) is -0.849. The Morgan fingerprint density at radius 2 is 1.74 bits per heavy atom. The summed E-state index contributed by atoms with van der Waals surface area (Å²) in [7, 11) is 2.97. The molecular weight excluding hydrogens is 400 g/mol. The zero-order valence-corrected chi connectivity index (χ0v) is 17.5. The van der Waals surface area contributed by atoms with Gasteiger partial charge in [-0.1, -0.05) is 30.3 Å². The molecule has 0 saturated carbocycles. The highest BCUT2D eigenvalue weighted by molar-refractivity contribution is 6.09. The van der Waals surface area contributed by atoms with E-state index in [1.54, 1.807) is 55.5 Å². The van der Waals surface area contributed by atoms with E-state index in [1.807, 2.05) is 6.07 Å². The lowest BCUT2D eigenvalue weighted by Gasteiger charge is -2.23.